The van der Waals surface area contributed by atoms with Crippen LogP contribution in [0.25, 0.3) is 0 Å². The molecule has 0 aliphatic carbocycles. The minimum Gasteiger partial charge on any atom is -0.506 e. The number of carbonyl (C=O) groups is 1. The summed E-state index contributed by atoms with van der Waals surface area (Å²) in [5, 5.41) is 14.0. The van der Waals surface area contributed by atoms with Gasteiger partial charge in [0.15, 0.2) is 0 Å². The van der Waals surface area contributed by atoms with Crippen molar-refractivity contribution < 1.29 is 9.90 Å². The number of hydrogen-bond donors (Lipinski definition) is 1. The molecule has 0 saturated carbocycles. The van der Waals surface area contributed by atoms with E-state index < -0.39 is 0 Å². The Morgan fingerprint density at radius 1 is 1.33 bits per heavy atom. The van der Waals surface area contributed by atoms with Crippen LogP contribution in [0.4, 0.5) is 5.82 Å². The molecule has 0 bridgehead atoms. The van der Waals surface area contributed by atoms with Crippen molar-refractivity contribution in [3.05, 3.63) is 38.4 Å². The van der Waals surface area contributed by atoms with Gasteiger partial charge in [-0.3, -0.25) is 14.4 Å². The lowest BCUT2D eigenvalue weighted by Crippen LogP contribution is -2.36. The first-order valence-corrected chi connectivity index (χ1v) is 8.08. The Labute approximate surface area is 138 Å². The summed E-state index contributed by atoms with van der Waals surface area (Å²) in [5.74, 6) is 0.846. The number of amides is 1. The molecular weight excluding hydrogens is 402 g/mol. The monoisotopic (exact) mass is 413 g/mol. The maximum atomic E-state index is 12.8. The summed E-state index contributed by atoms with van der Waals surface area (Å²) in [7, 11) is 1.84. The Balaban J connectivity index is 2.02. The maximum Gasteiger partial charge on any atom is 0.259 e. The van der Waals surface area contributed by atoms with Crippen LogP contribution in [0.2, 0.25) is 0 Å². The number of carbonyl (C=O) groups excluding carboxylic acids is 1. The predicted octanol–water partition coefficient (Wildman–Crippen LogP) is 3.24. The zero-order valence-corrected chi connectivity index (χ0v) is 14.5. The van der Waals surface area contributed by atoms with Gasteiger partial charge in [-0.2, -0.15) is 5.10 Å². The molecule has 0 radical (unpaired) electrons. The number of aryl methyl sites for hydroxylation is 2. The topological polar surface area (TPSA) is 58.4 Å². The molecule has 0 fully saturated rings. The Bertz CT molecular complexity index is 704. The van der Waals surface area contributed by atoms with Crippen molar-refractivity contribution in [1.29, 1.82) is 0 Å². The van der Waals surface area contributed by atoms with E-state index in [1.165, 1.54) is 0 Å². The second-order valence-electron chi connectivity index (χ2n) is 4.97. The van der Waals surface area contributed by atoms with E-state index in [0.717, 1.165) is 24.2 Å². The highest BCUT2D eigenvalue weighted by molar-refractivity contribution is 9.11. The lowest BCUT2D eigenvalue weighted by molar-refractivity contribution is 0.0983. The van der Waals surface area contributed by atoms with Gasteiger partial charge < -0.3 is 5.11 Å². The molecule has 0 unspecified atom stereocenters. The molecule has 1 amide bonds. The van der Waals surface area contributed by atoms with Gasteiger partial charge in [-0.1, -0.05) is 0 Å². The zero-order valence-electron chi connectivity index (χ0n) is 11.3. The summed E-state index contributed by atoms with van der Waals surface area (Å²) < 4.78 is 2.71. The van der Waals surface area contributed by atoms with Gasteiger partial charge in [0.25, 0.3) is 5.91 Å². The summed E-state index contributed by atoms with van der Waals surface area (Å²) in [6, 6.07) is 3.26. The van der Waals surface area contributed by atoms with Crippen molar-refractivity contribution in [3.63, 3.8) is 0 Å². The van der Waals surface area contributed by atoms with E-state index in [2.05, 4.69) is 37.0 Å². The van der Waals surface area contributed by atoms with E-state index in [9.17, 15) is 9.90 Å². The fraction of sp³-hybridized carbons (Fsp3) is 0.286. The van der Waals surface area contributed by atoms with Crippen LogP contribution in [0.1, 0.15) is 22.3 Å². The van der Waals surface area contributed by atoms with Gasteiger partial charge >= 0.3 is 0 Å². The molecule has 110 valence electrons. The van der Waals surface area contributed by atoms with E-state index in [1.807, 2.05) is 13.2 Å². The second kappa shape index (κ2) is 5.46. The number of anilines is 1. The van der Waals surface area contributed by atoms with Gasteiger partial charge in [-0.25, -0.2) is 0 Å². The SMILES string of the molecule is Cn1ncc2c1N(C(=O)c1cc(Br)c(O)c(Br)c1)CCC2. The van der Waals surface area contributed by atoms with Crippen molar-refractivity contribution >= 4 is 43.6 Å². The van der Waals surface area contributed by atoms with Crippen LogP contribution in [0.15, 0.2) is 27.3 Å². The molecule has 0 spiro atoms. The molecule has 1 aliphatic heterocycles. The Morgan fingerprint density at radius 3 is 2.67 bits per heavy atom. The van der Waals surface area contributed by atoms with Crippen molar-refractivity contribution in [2.24, 2.45) is 7.05 Å². The number of hydrogen-bond acceptors (Lipinski definition) is 3. The van der Waals surface area contributed by atoms with E-state index in [0.29, 0.717) is 21.1 Å². The molecule has 2 aromatic rings. The minimum absolute atomic E-state index is 0.0893. The molecule has 3 rings (SSSR count). The van der Waals surface area contributed by atoms with Gasteiger partial charge in [0.1, 0.15) is 11.6 Å². The Morgan fingerprint density at radius 2 is 2.00 bits per heavy atom. The highest BCUT2D eigenvalue weighted by Gasteiger charge is 2.27. The number of benzene rings is 1. The molecule has 1 aliphatic rings. The summed E-state index contributed by atoms with van der Waals surface area (Å²) in [6.45, 7) is 0.668. The third-order valence-electron chi connectivity index (χ3n) is 3.57. The molecule has 1 aromatic carbocycles. The lowest BCUT2D eigenvalue weighted by Gasteiger charge is -2.28. The molecule has 21 heavy (non-hydrogen) atoms. The van der Waals surface area contributed by atoms with Gasteiger partial charge in [0.2, 0.25) is 0 Å². The molecule has 0 atom stereocenters. The molecule has 7 heteroatoms. The fourth-order valence-corrected chi connectivity index (χ4v) is 3.76. The molecule has 1 aromatic heterocycles. The van der Waals surface area contributed by atoms with Gasteiger partial charge in [-0.15, -0.1) is 0 Å². The fourth-order valence-electron chi connectivity index (χ4n) is 2.58. The smallest absolute Gasteiger partial charge is 0.259 e. The van der Waals surface area contributed by atoms with Crippen LogP contribution < -0.4 is 4.90 Å². The summed E-state index contributed by atoms with van der Waals surface area (Å²) in [5.41, 5.74) is 1.61. The molecular formula is C14H13Br2N3O2. The molecule has 5 nitrogen and oxygen atoms in total. The van der Waals surface area contributed by atoms with Gasteiger partial charge in [0.05, 0.1) is 15.1 Å². The molecule has 0 saturated heterocycles. The largest absolute Gasteiger partial charge is 0.506 e. The normalized spacial score (nSPS) is 14.1. The Hall–Kier alpha value is -1.34. The highest BCUT2D eigenvalue weighted by atomic mass is 79.9. The van der Waals surface area contributed by atoms with Crippen LogP contribution in [0, 0.1) is 0 Å². The van der Waals surface area contributed by atoms with Crippen LogP contribution in [-0.2, 0) is 13.5 Å². The van der Waals surface area contributed by atoms with Crippen LogP contribution in [0.5, 0.6) is 5.75 Å². The predicted molar refractivity (Wildman–Crippen MR) is 86.7 cm³/mol. The standard InChI is InChI=1S/C14H13Br2N3O2/c1-18-13-8(7-17-18)3-2-4-19(13)14(21)9-5-10(15)12(20)11(16)6-9/h5-7,20H,2-4H2,1H3. The average Bonchev–Trinajstić information content (AvgIpc) is 2.85. The number of halogens is 2. The Kier molecular flexibility index (Phi) is 3.79. The van der Waals surface area contributed by atoms with Crippen LogP contribution in [-0.4, -0.2) is 27.3 Å². The van der Waals surface area contributed by atoms with Crippen molar-refractivity contribution in [1.82, 2.24) is 9.78 Å². The minimum atomic E-state index is -0.0963. The first kappa shape index (κ1) is 14.6. The number of phenolic OH excluding ortho intramolecular Hbond substituents is 1. The van der Waals surface area contributed by atoms with Crippen molar-refractivity contribution in [2.45, 2.75) is 12.8 Å². The van der Waals surface area contributed by atoms with E-state index in [4.69, 9.17) is 0 Å². The van der Waals surface area contributed by atoms with Gasteiger partial charge in [-0.05, 0) is 56.8 Å². The third-order valence-corrected chi connectivity index (χ3v) is 4.78. The average molecular weight is 415 g/mol. The van der Waals surface area contributed by atoms with Crippen LogP contribution >= 0.6 is 31.9 Å². The van der Waals surface area contributed by atoms with E-state index in [1.54, 1.807) is 21.7 Å². The summed E-state index contributed by atoms with van der Waals surface area (Å²) >= 11 is 6.52. The highest BCUT2D eigenvalue weighted by Crippen LogP contribution is 2.35. The van der Waals surface area contributed by atoms with Crippen molar-refractivity contribution in [2.75, 3.05) is 11.4 Å². The number of phenols is 1. The molecule has 2 heterocycles. The first-order valence-electron chi connectivity index (χ1n) is 6.50. The number of fused-ring (bicyclic) bond motifs is 1. The van der Waals surface area contributed by atoms with Crippen LogP contribution in [0.3, 0.4) is 0 Å². The number of aromatic hydroxyl groups is 1. The summed E-state index contributed by atoms with van der Waals surface area (Å²) in [4.78, 5) is 14.5. The van der Waals surface area contributed by atoms with E-state index in [-0.39, 0.29) is 11.7 Å². The second-order valence-corrected chi connectivity index (χ2v) is 6.67. The summed E-state index contributed by atoms with van der Waals surface area (Å²) in [6.07, 6.45) is 3.68. The van der Waals surface area contributed by atoms with Crippen molar-refractivity contribution in [3.8, 4) is 5.75 Å². The van der Waals surface area contributed by atoms with E-state index >= 15 is 0 Å². The third kappa shape index (κ3) is 2.48. The quantitative estimate of drug-likeness (QED) is 0.779. The molecule has 1 N–H and O–H groups in total. The van der Waals surface area contributed by atoms with Gasteiger partial charge in [0, 0.05) is 24.7 Å². The number of aromatic nitrogens is 2. The number of nitrogens with zero attached hydrogens (tertiary/aromatic N) is 3. The maximum absolute atomic E-state index is 12.8. The lowest BCUT2D eigenvalue weighted by atomic mass is 10.1. The zero-order chi connectivity index (χ0) is 15.1. The first-order chi connectivity index (χ1) is 9.99. The number of rotatable bonds is 1.